The Hall–Kier alpha value is -1.40. The highest BCUT2D eigenvalue weighted by atomic mass is 16.7. The first kappa shape index (κ1) is 13.7. The van der Waals surface area contributed by atoms with E-state index in [9.17, 15) is 9.59 Å². The summed E-state index contributed by atoms with van der Waals surface area (Å²) in [5.41, 5.74) is 0. The summed E-state index contributed by atoms with van der Waals surface area (Å²) >= 11 is 0. The standard InChI is InChI=1S/C11H16O6/c1-3-9(12)15-7-10(13)17-11(2)8-14-5-4-6-16-11/h3H,1,4-8H2,2H3. The maximum Gasteiger partial charge on any atom is 0.346 e. The van der Waals surface area contributed by atoms with Gasteiger partial charge in [-0.05, 0) is 6.42 Å². The summed E-state index contributed by atoms with van der Waals surface area (Å²) in [5, 5.41) is 0. The third kappa shape index (κ3) is 4.97. The molecule has 0 bridgehead atoms. The Kier molecular flexibility index (Phi) is 5.11. The van der Waals surface area contributed by atoms with Crippen molar-refractivity contribution in [2.45, 2.75) is 19.1 Å². The van der Waals surface area contributed by atoms with Crippen LogP contribution in [0.2, 0.25) is 0 Å². The molecule has 0 aromatic carbocycles. The van der Waals surface area contributed by atoms with Gasteiger partial charge in [-0.2, -0.15) is 0 Å². The fourth-order valence-corrected chi connectivity index (χ4v) is 1.27. The largest absolute Gasteiger partial charge is 0.451 e. The highest BCUT2D eigenvalue weighted by Crippen LogP contribution is 2.17. The van der Waals surface area contributed by atoms with E-state index >= 15 is 0 Å². The summed E-state index contributed by atoms with van der Waals surface area (Å²) in [6, 6.07) is 0. The summed E-state index contributed by atoms with van der Waals surface area (Å²) in [5.74, 6) is -2.48. The number of ether oxygens (including phenoxy) is 4. The molecule has 6 heteroatoms. The zero-order valence-electron chi connectivity index (χ0n) is 9.77. The van der Waals surface area contributed by atoms with Gasteiger partial charge in [0.2, 0.25) is 5.79 Å². The van der Waals surface area contributed by atoms with Crippen molar-refractivity contribution in [3.63, 3.8) is 0 Å². The van der Waals surface area contributed by atoms with Gasteiger partial charge in [-0.3, -0.25) is 0 Å². The average molecular weight is 244 g/mol. The van der Waals surface area contributed by atoms with Crippen LogP contribution in [0.3, 0.4) is 0 Å². The van der Waals surface area contributed by atoms with Gasteiger partial charge in [0.05, 0.1) is 6.61 Å². The van der Waals surface area contributed by atoms with Crippen LogP contribution in [0.5, 0.6) is 0 Å². The molecule has 1 unspecified atom stereocenters. The molecule has 1 rings (SSSR count). The molecule has 0 aromatic rings. The monoisotopic (exact) mass is 244 g/mol. The van der Waals surface area contributed by atoms with Crippen LogP contribution >= 0.6 is 0 Å². The maximum atomic E-state index is 11.4. The number of hydrogen-bond donors (Lipinski definition) is 0. The summed E-state index contributed by atoms with van der Waals surface area (Å²) in [6.45, 7) is 5.53. The van der Waals surface area contributed by atoms with Crippen molar-refractivity contribution in [1.29, 1.82) is 0 Å². The molecule has 6 nitrogen and oxygen atoms in total. The van der Waals surface area contributed by atoms with E-state index < -0.39 is 24.3 Å². The van der Waals surface area contributed by atoms with Crippen LogP contribution in [0, 0.1) is 0 Å². The van der Waals surface area contributed by atoms with E-state index in [1.165, 1.54) is 0 Å². The number of carbonyl (C=O) groups is 2. The smallest absolute Gasteiger partial charge is 0.346 e. The van der Waals surface area contributed by atoms with Crippen LogP contribution in [0.15, 0.2) is 12.7 Å². The molecule has 1 aliphatic heterocycles. The Bertz CT molecular complexity index is 290. The lowest BCUT2D eigenvalue weighted by Crippen LogP contribution is -2.39. The topological polar surface area (TPSA) is 71.1 Å². The lowest BCUT2D eigenvalue weighted by molar-refractivity contribution is -0.235. The highest BCUT2D eigenvalue weighted by molar-refractivity contribution is 5.83. The number of rotatable bonds is 4. The molecule has 1 fully saturated rings. The van der Waals surface area contributed by atoms with Crippen LogP contribution in [0.25, 0.3) is 0 Å². The van der Waals surface area contributed by atoms with E-state index in [1.54, 1.807) is 6.92 Å². The second kappa shape index (κ2) is 6.36. The van der Waals surface area contributed by atoms with Crippen molar-refractivity contribution in [2.24, 2.45) is 0 Å². The predicted molar refractivity (Wildman–Crippen MR) is 57.0 cm³/mol. The van der Waals surface area contributed by atoms with Crippen LogP contribution < -0.4 is 0 Å². The first-order valence-electron chi connectivity index (χ1n) is 5.28. The molecule has 0 saturated carbocycles. The zero-order valence-corrected chi connectivity index (χ0v) is 9.77. The molecule has 1 aliphatic rings. The van der Waals surface area contributed by atoms with Gasteiger partial charge >= 0.3 is 11.9 Å². The first-order valence-corrected chi connectivity index (χ1v) is 5.28. The van der Waals surface area contributed by atoms with E-state index in [1.807, 2.05) is 0 Å². The third-order valence-corrected chi connectivity index (χ3v) is 2.03. The van der Waals surface area contributed by atoms with Crippen LogP contribution in [0.4, 0.5) is 0 Å². The van der Waals surface area contributed by atoms with E-state index in [-0.39, 0.29) is 6.61 Å². The normalized spacial score (nSPS) is 24.5. The third-order valence-electron chi connectivity index (χ3n) is 2.03. The van der Waals surface area contributed by atoms with Gasteiger partial charge in [0.1, 0.15) is 6.61 Å². The highest BCUT2D eigenvalue weighted by Gasteiger charge is 2.32. The first-order chi connectivity index (χ1) is 8.06. The second-order valence-electron chi connectivity index (χ2n) is 3.67. The van der Waals surface area contributed by atoms with Gasteiger partial charge in [0.25, 0.3) is 0 Å². The second-order valence-corrected chi connectivity index (χ2v) is 3.67. The lowest BCUT2D eigenvalue weighted by Gasteiger charge is -2.26. The molecule has 0 N–H and O–H groups in total. The quantitative estimate of drug-likeness (QED) is 0.527. The van der Waals surface area contributed by atoms with Gasteiger partial charge in [-0.15, -0.1) is 0 Å². The van der Waals surface area contributed by atoms with Gasteiger partial charge in [0, 0.05) is 19.6 Å². The summed E-state index contributed by atoms with van der Waals surface area (Å²) in [7, 11) is 0. The molecule has 1 heterocycles. The lowest BCUT2D eigenvalue weighted by atomic mass is 10.3. The minimum absolute atomic E-state index is 0.161. The molecule has 0 aromatic heterocycles. The molecule has 0 amide bonds. The van der Waals surface area contributed by atoms with Crippen molar-refractivity contribution in [3.05, 3.63) is 12.7 Å². The van der Waals surface area contributed by atoms with Crippen molar-refractivity contribution in [1.82, 2.24) is 0 Å². The van der Waals surface area contributed by atoms with Gasteiger partial charge in [-0.25, -0.2) is 9.59 Å². The molecule has 0 radical (unpaired) electrons. The maximum absolute atomic E-state index is 11.4. The summed E-state index contributed by atoms with van der Waals surface area (Å²) < 4.78 is 20.2. The van der Waals surface area contributed by atoms with Crippen LogP contribution in [-0.2, 0) is 28.5 Å². The van der Waals surface area contributed by atoms with Crippen molar-refractivity contribution < 1.29 is 28.5 Å². The van der Waals surface area contributed by atoms with Crippen molar-refractivity contribution in [2.75, 3.05) is 26.4 Å². The van der Waals surface area contributed by atoms with Gasteiger partial charge in [-0.1, -0.05) is 6.58 Å². The Balaban J connectivity index is 2.37. The molecule has 0 aliphatic carbocycles. The summed E-state index contributed by atoms with van der Waals surface area (Å²) in [4.78, 5) is 22.1. The Morgan fingerprint density at radius 3 is 2.94 bits per heavy atom. The van der Waals surface area contributed by atoms with Crippen molar-refractivity contribution >= 4 is 11.9 Å². The van der Waals surface area contributed by atoms with Crippen LogP contribution in [-0.4, -0.2) is 44.2 Å². The Labute approximate surface area is 99.5 Å². The van der Waals surface area contributed by atoms with Crippen molar-refractivity contribution in [3.8, 4) is 0 Å². The Morgan fingerprint density at radius 1 is 1.47 bits per heavy atom. The SMILES string of the molecule is C=CC(=O)OCC(=O)OC1(C)COCCCO1. The molecular weight excluding hydrogens is 228 g/mol. The summed E-state index contributed by atoms with van der Waals surface area (Å²) in [6.07, 6.45) is 1.72. The number of hydrogen-bond acceptors (Lipinski definition) is 6. The number of esters is 2. The fourth-order valence-electron chi connectivity index (χ4n) is 1.27. The van der Waals surface area contributed by atoms with E-state index in [2.05, 4.69) is 11.3 Å². The molecule has 0 spiro atoms. The molecule has 1 saturated heterocycles. The molecule has 96 valence electrons. The minimum atomic E-state index is -1.12. The van der Waals surface area contributed by atoms with Crippen LogP contribution in [0.1, 0.15) is 13.3 Å². The van der Waals surface area contributed by atoms with Gasteiger partial charge < -0.3 is 18.9 Å². The van der Waals surface area contributed by atoms with E-state index in [4.69, 9.17) is 14.2 Å². The average Bonchev–Trinajstić information content (AvgIpc) is 2.50. The fraction of sp³-hybridized carbons (Fsp3) is 0.636. The zero-order chi connectivity index (χ0) is 12.7. The predicted octanol–water partition coefficient (Wildman–Crippen LogP) is 0.412. The Morgan fingerprint density at radius 2 is 2.24 bits per heavy atom. The minimum Gasteiger partial charge on any atom is -0.451 e. The molecular formula is C11H16O6. The van der Waals surface area contributed by atoms with Gasteiger partial charge in [0.15, 0.2) is 6.61 Å². The van der Waals surface area contributed by atoms with E-state index in [0.717, 1.165) is 12.5 Å². The number of carbonyl (C=O) groups excluding carboxylic acids is 2. The van der Waals surface area contributed by atoms with E-state index in [0.29, 0.717) is 13.2 Å². The molecule has 17 heavy (non-hydrogen) atoms. The molecule has 1 atom stereocenters.